The van der Waals surface area contributed by atoms with Crippen LogP contribution in [0.1, 0.15) is 23.6 Å². The second kappa shape index (κ2) is 5.05. The van der Waals surface area contributed by atoms with Gasteiger partial charge in [0.15, 0.2) is 0 Å². The molecular formula is C12H14ClN. The highest BCUT2D eigenvalue weighted by Crippen LogP contribution is 2.23. The first kappa shape index (κ1) is 11.1. The van der Waals surface area contributed by atoms with Gasteiger partial charge in [0.1, 0.15) is 0 Å². The maximum atomic E-state index is 5.94. The third-order valence-corrected chi connectivity index (χ3v) is 2.52. The van der Waals surface area contributed by atoms with Crippen molar-refractivity contribution in [3.63, 3.8) is 0 Å². The second-order valence-electron chi connectivity index (χ2n) is 3.25. The molecule has 0 aliphatic heterocycles. The Bertz CT molecular complexity index is 352. The molecule has 0 saturated heterocycles. The van der Waals surface area contributed by atoms with E-state index in [0.717, 1.165) is 5.02 Å². The molecule has 14 heavy (non-hydrogen) atoms. The number of hydrogen-bond donors (Lipinski definition) is 1. The Labute approximate surface area is 90.5 Å². The van der Waals surface area contributed by atoms with E-state index in [1.165, 1.54) is 11.1 Å². The van der Waals surface area contributed by atoms with Gasteiger partial charge >= 0.3 is 0 Å². The number of halogens is 1. The Hall–Kier alpha value is -0.970. The molecule has 0 spiro atoms. The molecule has 1 aromatic carbocycles. The number of benzene rings is 1. The highest BCUT2D eigenvalue weighted by molar-refractivity contribution is 6.30. The molecular weight excluding hydrogens is 194 g/mol. The Balaban J connectivity index is 3.03. The molecule has 0 radical (unpaired) electrons. The fraction of sp³-hybridized carbons (Fsp3) is 0.333. The molecule has 1 nitrogen and oxygen atoms in total. The molecule has 0 aliphatic carbocycles. The number of nitrogens with one attached hydrogen (secondary N) is 1. The molecule has 1 rings (SSSR count). The van der Waals surface area contributed by atoms with Crippen LogP contribution < -0.4 is 5.32 Å². The van der Waals surface area contributed by atoms with Crippen LogP contribution in [0.2, 0.25) is 5.02 Å². The van der Waals surface area contributed by atoms with Crippen molar-refractivity contribution in [3.05, 3.63) is 34.3 Å². The second-order valence-corrected chi connectivity index (χ2v) is 3.69. The maximum absolute atomic E-state index is 5.94. The predicted molar refractivity (Wildman–Crippen MR) is 61.4 cm³/mol. The molecule has 0 aliphatic rings. The van der Waals surface area contributed by atoms with Gasteiger partial charge in [0, 0.05) is 17.5 Å². The fourth-order valence-corrected chi connectivity index (χ4v) is 1.65. The van der Waals surface area contributed by atoms with Crippen LogP contribution in [-0.2, 0) is 0 Å². The summed E-state index contributed by atoms with van der Waals surface area (Å²) < 4.78 is 0. The van der Waals surface area contributed by atoms with Gasteiger partial charge in [-0.2, -0.15) is 0 Å². The summed E-state index contributed by atoms with van der Waals surface area (Å²) in [6, 6.07) is 6.07. The molecule has 0 fully saturated rings. The molecule has 1 unspecified atom stereocenters. The van der Waals surface area contributed by atoms with Gasteiger partial charge in [-0.05, 0) is 37.2 Å². The normalized spacial score (nSPS) is 12.1. The standard InChI is InChI=1S/C12H14ClN/c1-4-5-12(14-3)11-8-10(13)7-6-9(11)2/h1,6-8,12,14H,5H2,2-3H3. The van der Waals surface area contributed by atoms with Crippen molar-refractivity contribution < 1.29 is 0 Å². The van der Waals surface area contributed by atoms with Crippen LogP contribution in [0.5, 0.6) is 0 Å². The van der Waals surface area contributed by atoms with E-state index in [2.05, 4.69) is 18.2 Å². The summed E-state index contributed by atoms with van der Waals surface area (Å²) >= 11 is 5.94. The Morgan fingerprint density at radius 1 is 1.57 bits per heavy atom. The van der Waals surface area contributed by atoms with Crippen LogP contribution in [0, 0.1) is 19.3 Å². The van der Waals surface area contributed by atoms with Crippen LogP contribution in [0.4, 0.5) is 0 Å². The third kappa shape index (κ3) is 2.51. The van der Waals surface area contributed by atoms with Crippen molar-refractivity contribution in [3.8, 4) is 12.3 Å². The fourth-order valence-electron chi connectivity index (χ4n) is 1.47. The van der Waals surface area contributed by atoms with E-state index in [1.807, 2.05) is 25.2 Å². The summed E-state index contributed by atoms with van der Waals surface area (Å²) in [5.41, 5.74) is 2.39. The van der Waals surface area contributed by atoms with E-state index >= 15 is 0 Å². The van der Waals surface area contributed by atoms with Gasteiger partial charge in [-0.25, -0.2) is 0 Å². The maximum Gasteiger partial charge on any atom is 0.0431 e. The lowest BCUT2D eigenvalue weighted by Gasteiger charge is -2.16. The highest BCUT2D eigenvalue weighted by Gasteiger charge is 2.10. The minimum atomic E-state index is 0.193. The monoisotopic (exact) mass is 207 g/mol. The lowest BCUT2D eigenvalue weighted by Crippen LogP contribution is -2.16. The van der Waals surface area contributed by atoms with E-state index in [9.17, 15) is 0 Å². The summed E-state index contributed by atoms with van der Waals surface area (Å²) in [6.07, 6.45) is 5.99. The predicted octanol–water partition coefficient (Wildman–Crippen LogP) is 2.93. The SMILES string of the molecule is C#CCC(NC)c1cc(Cl)ccc1C. The van der Waals surface area contributed by atoms with Crippen LogP contribution in [0.3, 0.4) is 0 Å². The van der Waals surface area contributed by atoms with Gasteiger partial charge in [0.2, 0.25) is 0 Å². The molecule has 1 aromatic rings. The molecule has 0 saturated carbocycles. The van der Waals surface area contributed by atoms with Crippen LogP contribution in [0.25, 0.3) is 0 Å². The molecule has 1 atom stereocenters. The summed E-state index contributed by atoms with van der Waals surface area (Å²) in [5.74, 6) is 2.66. The van der Waals surface area contributed by atoms with Crippen molar-refractivity contribution >= 4 is 11.6 Å². The van der Waals surface area contributed by atoms with Gasteiger partial charge in [0.25, 0.3) is 0 Å². The van der Waals surface area contributed by atoms with Gasteiger partial charge in [0.05, 0.1) is 0 Å². The zero-order valence-electron chi connectivity index (χ0n) is 8.47. The zero-order valence-corrected chi connectivity index (χ0v) is 9.23. The van der Waals surface area contributed by atoms with Crippen molar-refractivity contribution in [2.24, 2.45) is 0 Å². The van der Waals surface area contributed by atoms with Crippen LogP contribution >= 0.6 is 11.6 Å². The van der Waals surface area contributed by atoms with Crippen molar-refractivity contribution in [2.75, 3.05) is 7.05 Å². The smallest absolute Gasteiger partial charge is 0.0431 e. The van der Waals surface area contributed by atoms with E-state index < -0.39 is 0 Å². The first-order valence-electron chi connectivity index (χ1n) is 4.55. The molecule has 2 heteroatoms. The third-order valence-electron chi connectivity index (χ3n) is 2.29. The topological polar surface area (TPSA) is 12.0 Å². The minimum absolute atomic E-state index is 0.193. The Morgan fingerprint density at radius 2 is 2.29 bits per heavy atom. The largest absolute Gasteiger partial charge is 0.312 e. The Morgan fingerprint density at radius 3 is 2.86 bits per heavy atom. The van der Waals surface area contributed by atoms with Crippen molar-refractivity contribution in [1.29, 1.82) is 0 Å². The molecule has 0 heterocycles. The van der Waals surface area contributed by atoms with Crippen LogP contribution in [-0.4, -0.2) is 7.05 Å². The number of terminal acetylenes is 1. The number of aryl methyl sites for hydroxylation is 1. The Kier molecular flexibility index (Phi) is 4.00. The highest BCUT2D eigenvalue weighted by atomic mass is 35.5. The summed E-state index contributed by atoms with van der Waals surface area (Å²) in [5, 5.41) is 3.94. The van der Waals surface area contributed by atoms with Gasteiger partial charge in [-0.3, -0.25) is 0 Å². The summed E-state index contributed by atoms with van der Waals surface area (Å²) in [4.78, 5) is 0. The molecule has 74 valence electrons. The quantitative estimate of drug-likeness (QED) is 0.752. The average molecular weight is 208 g/mol. The van der Waals surface area contributed by atoms with E-state index in [0.29, 0.717) is 6.42 Å². The first-order valence-corrected chi connectivity index (χ1v) is 4.93. The average Bonchev–Trinajstić information content (AvgIpc) is 2.18. The lowest BCUT2D eigenvalue weighted by molar-refractivity contribution is 0.608. The van der Waals surface area contributed by atoms with Crippen molar-refractivity contribution in [2.45, 2.75) is 19.4 Å². The zero-order chi connectivity index (χ0) is 10.6. The van der Waals surface area contributed by atoms with E-state index in [4.69, 9.17) is 18.0 Å². The minimum Gasteiger partial charge on any atom is -0.312 e. The van der Waals surface area contributed by atoms with Crippen LogP contribution in [0.15, 0.2) is 18.2 Å². The molecule has 0 bridgehead atoms. The first-order chi connectivity index (χ1) is 6.69. The van der Waals surface area contributed by atoms with Crippen molar-refractivity contribution in [1.82, 2.24) is 5.32 Å². The van der Waals surface area contributed by atoms with Gasteiger partial charge in [-0.15, -0.1) is 12.3 Å². The molecule has 0 amide bonds. The summed E-state index contributed by atoms with van der Waals surface area (Å²) in [7, 11) is 1.91. The molecule has 1 N–H and O–H groups in total. The van der Waals surface area contributed by atoms with E-state index in [1.54, 1.807) is 0 Å². The van der Waals surface area contributed by atoms with Gasteiger partial charge in [-0.1, -0.05) is 17.7 Å². The number of hydrogen-bond acceptors (Lipinski definition) is 1. The summed E-state index contributed by atoms with van der Waals surface area (Å²) in [6.45, 7) is 2.06. The van der Waals surface area contributed by atoms with E-state index in [-0.39, 0.29) is 6.04 Å². The molecule has 0 aromatic heterocycles. The van der Waals surface area contributed by atoms with Gasteiger partial charge < -0.3 is 5.32 Å². The number of rotatable bonds is 3. The lowest BCUT2D eigenvalue weighted by atomic mass is 9.99.